The highest BCUT2D eigenvalue weighted by atomic mass is 19.3. The molecule has 0 heterocycles. The molecule has 0 saturated heterocycles. The Bertz CT molecular complexity index is 155. The van der Waals surface area contributed by atoms with Crippen LogP contribution >= 0.6 is 0 Å². The highest BCUT2D eigenvalue weighted by molar-refractivity contribution is 4.83. The van der Waals surface area contributed by atoms with E-state index in [2.05, 4.69) is 6.92 Å². The lowest BCUT2D eigenvalue weighted by Gasteiger charge is -2.23. The Hall–Kier alpha value is -0.420. The molecule has 0 aliphatic rings. The number of hydrogen-bond acceptors (Lipinski definition) is 0. The van der Waals surface area contributed by atoms with Gasteiger partial charge < -0.3 is 0 Å². The van der Waals surface area contributed by atoms with E-state index in [1.165, 1.54) is 0 Å². The Morgan fingerprint density at radius 2 is 1.62 bits per heavy atom. The fraction of sp³-hybridized carbons (Fsp3) is 0.857. The molecule has 0 bridgehead atoms. The van der Waals surface area contributed by atoms with E-state index in [0.717, 1.165) is 0 Å². The van der Waals surface area contributed by atoms with Crippen molar-refractivity contribution in [3.63, 3.8) is 0 Å². The van der Waals surface area contributed by atoms with Crippen LogP contribution in [0.3, 0.4) is 0 Å². The summed E-state index contributed by atoms with van der Waals surface area (Å²) >= 11 is 0. The average Bonchev–Trinajstić information content (AvgIpc) is 2.01. The quantitative estimate of drug-likeness (QED) is 0.607. The standard InChI is InChI=1S/C7H9F6/c1-2-5(9)7(12,13)3-6(10,11)4-8/h5H,1-4H2/t5-/m0/s1. The lowest BCUT2D eigenvalue weighted by Crippen LogP contribution is -2.37. The third-order valence-electron chi connectivity index (χ3n) is 1.40. The number of alkyl halides is 6. The summed E-state index contributed by atoms with van der Waals surface area (Å²) in [7, 11) is 0. The van der Waals surface area contributed by atoms with Crippen molar-refractivity contribution in [3.05, 3.63) is 6.92 Å². The van der Waals surface area contributed by atoms with E-state index in [9.17, 15) is 26.3 Å². The van der Waals surface area contributed by atoms with Gasteiger partial charge in [0.2, 0.25) is 0 Å². The summed E-state index contributed by atoms with van der Waals surface area (Å²) in [5.41, 5.74) is 0. The van der Waals surface area contributed by atoms with Crippen molar-refractivity contribution in [2.24, 2.45) is 0 Å². The number of hydrogen-bond donors (Lipinski definition) is 0. The summed E-state index contributed by atoms with van der Waals surface area (Å²) in [4.78, 5) is 0. The topological polar surface area (TPSA) is 0 Å². The van der Waals surface area contributed by atoms with Gasteiger partial charge in [0.15, 0.2) is 12.8 Å². The van der Waals surface area contributed by atoms with Gasteiger partial charge >= 0.3 is 0 Å². The van der Waals surface area contributed by atoms with Gasteiger partial charge in [-0.2, -0.15) is 0 Å². The number of rotatable bonds is 5. The summed E-state index contributed by atoms with van der Waals surface area (Å²) in [5, 5.41) is 0. The summed E-state index contributed by atoms with van der Waals surface area (Å²) in [6.45, 7) is 0.598. The Morgan fingerprint density at radius 3 is 1.92 bits per heavy atom. The second-order valence-corrected chi connectivity index (χ2v) is 2.68. The predicted molar refractivity (Wildman–Crippen MR) is 35.4 cm³/mol. The first kappa shape index (κ1) is 12.6. The van der Waals surface area contributed by atoms with Crippen LogP contribution in [0.5, 0.6) is 0 Å². The summed E-state index contributed by atoms with van der Waals surface area (Å²) in [5.74, 6) is -8.40. The van der Waals surface area contributed by atoms with Crippen LogP contribution in [0, 0.1) is 6.92 Å². The molecule has 79 valence electrons. The fourth-order valence-corrected chi connectivity index (χ4v) is 0.714. The lowest BCUT2D eigenvalue weighted by atomic mass is 10.0. The molecule has 0 aromatic heterocycles. The van der Waals surface area contributed by atoms with E-state index in [1.54, 1.807) is 0 Å². The van der Waals surface area contributed by atoms with Crippen molar-refractivity contribution < 1.29 is 26.3 Å². The van der Waals surface area contributed by atoms with Crippen molar-refractivity contribution in [3.8, 4) is 0 Å². The minimum atomic E-state index is -4.22. The second kappa shape index (κ2) is 4.19. The van der Waals surface area contributed by atoms with Crippen LogP contribution in [-0.4, -0.2) is 24.7 Å². The molecule has 0 aromatic rings. The van der Waals surface area contributed by atoms with Crippen LogP contribution in [0.4, 0.5) is 26.3 Å². The minimum absolute atomic E-state index is 0.824. The molecule has 1 radical (unpaired) electrons. The van der Waals surface area contributed by atoms with Gasteiger partial charge in [-0.3, -0.25) is 0 Å². The third-order valence-corrected chi connectivity index (χ3v) is 1.40. The minimum Gasteiger partial charge on any atom is -0.244 e. The van der Waals surface area contributed by atoms with Crippen molar-refractivity contribution in [1.29, 1.82) is 0 Å². The van der Waals surface area contributed by atoms with Crippen LogP contribution in [0.1, 0.15) is 12.8 Å². The molecule has 0 rings (SSSR count). The number of halogens is 6. The molecule has 13 heavy (non-hydrogen) atoms. The molecular weight excluding hydrogens is 198 g/mol. The monoisotopic (exact) mass is 207 g/mol. The average molecular weight is 207 g/mol. The maximum Gasteiger partial charge on any atom is 0.284 e. The molecule has 0 fully saturated rings. The van der Waals surface area contributed by atoms with Gasteiger partial charge in [0.1, 0.15) is 0 Å². The molecule has 0 amide bonds. The van der Waals surface area contributed by atoms with Crippen molar-refractivity contribution in [2.45, 2.75) is 30.9 Å². The third kappa shape index (κ3) is 3.87. The largest absolute Gasteiger partial charge is 0.284 e. The van der Waals surface area contributed by atoms with E-state index >= 15 is 0 Å². The first-order chi connectivity index (χ1) is 5.75. The van der Waals surface area contributed by atoms with Gasteiger partial charge in [0, 0.05) is 0 Å². The molecular formula is C7H9F6. The summed E-state index contributed by atoms with van der Waals surface area (Å²) in [6, 6.07) is 0. The zero-order valence-corrected chi connectivity index (χ0v) is 6.67. The first-order valence-electron chi connectivity index (χ1n) is 3.50. The van der Waals surface area contributed by atoms with Gasteiger partial charge in [0.25, 0.3) is 11.8 Å². The maximum absolute atomic E-state index is 12.4. The smallest absolute Gasteiger partial charge is 0.244 e. The van der Waals surface area contributed by atoms with Crippen molar-refractivity contribution in [1.82, 2.24) is 0 Å². The SMILES string of the molecule is [CH2]C[C@H](F)C(F)(F)CC(F)(F)CF. The summed E-state index contributed by atoms with van der Waals surface area (Å²) < 4.78 is 72.8. The van der Waals surface area contributed by atoms with Crippen molar-refractivity contribution in [2.75, 3.05) is 6.67 Å². The highest BCUT2D eigenvalue weighted by Gasteiger charge is 2.48. The molecule has 0 spiro atoms. The lowest BCUT2D eigenvalue weighted by molar-refractivity contribution is -0.150. The molecule has 0 aromatic carbocycles. The Balaban J connectivity index is 4.32. The molecule has 0 nitrogen and oxygen atoms in total. The van der Waals surface area contributed by atoms with Gasteiger partial charge in [-0.25, -0.2) is 26.3 Å². The molecule has 0 N–H and O–H groups in total. The predicted octanol–water partition coefficient (Wildman–Crippen LogP) is 3.18. The van der Waals surface area contributed by atoms with Gasteiger partial charge in [-0.15, -0.1) is 0 Å². The molecule has 0 aliphatic carbocycles. The normalized spacial score (nSPS) is 15.9. The van der Waals surface area contributed by atoms with E-state index in [1.807, 2.05) is 0 Å². The van der Waals surface area contributed by atoms with Gasteiger partial charge in [-0.05, 0) is 6.42 Å². The molecule has 0 saturated carbocycles. The van der Waals surface area contributed by atoms with Crippen LogP contribution in [0.15, 0.2) is 0 Å². The van der Waals surface area contributed by atoms with Gasteiger partial charge in [0.05, 0.1) is 6.42 Å². The van der Waals surface area contributed by atoms with E-state index in [4.69, 9.17) is 0 Å². The van der Waals surface area contributed by atoms with E-state index in [-0.39, 0.29) is 0 Å². The highest BCUT2D eigenvalue weighted by Crippen LogP contribution is 2.35. The zero-order chi connectivity index (χ0) is 10.7. The maximum atomic E-state index is 12.4. The Morgan fingerprint density at radius 1 is 1.15 bits per heavy atom. The Kier molecular flexibility index (Phi) is 4.06. The van der Waals surface area contributed by atoms with Crippen LogP contribution < -0.4 is 0 Å². The van der Waals surface area contributed by atoms with Crippen LogP contribution in [-0.2, 0) is 0 Å². The van der Waals surface area contributed by atoms with Crippen LogP contribution in [0.25, 0.3) is 0 Å². The molecule has 0 aliphatic heterocycles. The van der Waals surface area contributed by atoms with E-state index < -0.39 is 37.5 Å². The zero-order valence-electron chi connectivity index (χ0n) is 6.67. The van der Waals surface area contributed by atoms with Crippen LogP contribution in [0.2, 0.25) is 0 Å². The molecule has 0 unspecified atom stereocenters. The first-order valence-corrected chi connectivity index (χ1v) is 3.50. The Labute approximate surface area is 71.9 Å². The van der Waals surface area contributed by atoms with Gasteiger partial charge in [-0.1, -0.05) is 6.92 Å². The van der Waals surface area contributed by atoms with E-state index in [0.29, 0.717) is 0 Å². The molecule has 1 atom stereocenters. The summed E-state index contributed by atoms with van der Waals surface area (Å²) in [6.07, 6.45) is -5.70. The molecule has 6 heteroatoms. The second-order valence-electron chi connectivity index (χ2n) is 2.68. The van der Waals surface area contributed by atoms with Crippen molar-refractivity contribution >= 4 is 0 Å². The fourth-order valence-electron chi connectivity index (χ4n) is 0.714.